The van der Waals surface area contributed by atoms with Crippen molar-refractivity contribution in [1.29, 1.82) is 0 Å². The second kappa shape index (κ2) is 9.00. The van der Waals surface area contributed by atoms with E-state index in [0.29, 0.717) is 11.1 Å². The van der Waals surface area contributed by atoms with E-state index >= 15 is 0 Å². The maximum Gasteiger partial charge on any atom is 0.343 e. The van der Waals surface area contributed by atoms with Gasteiger partial charge in [0.05, 0.1) is 22.3 Å². The van der Waals surface area contributed by atoms with Gasteiger partial charge in [-0.25, -0.2) is 10.2 Å². The maximum absolute atomic E-state index is 12.2. The van der Waals surface area contributed by atoms with Crippen molar-refractivity contribution < 1.29 is 19.2 Å². The monoisotopic (exact) mass is 390 g/mol. The van der Waals surface area contributed by atoms with Crippen LogP contribution in [-0.4, -0.2) is 28.0 Å². The van der Waals surface area contributed by atoms with Crippen LogP contribution in [-0.2, 0) is 0 Å². The topological polar surface area (TPSA) is 124 Å². The third kappa shape index (κ3) is 5.30. The summed E-state index contributed by atoms with van der Waals surface area (Å²) < 4.78 is 5.27. The van der Waals surface area contributed by atoms with Crippen LogP contribution >= 0.6 is 0 Å². The number of nitrogens with zero attached hydrogens (tertiary/aromatic N) is 3. The van der Waals surface area contributed by atoms with Crippen molar-refractivity contribution in [2.45, 2.75) is 0 Å². The molecule has 0 aliphatic carbocycles. The van der Waals surface area contributed by atoms with Crippen LogP contribution in [0.25, 0.3) is 0 Å². The van der Waals surface area contributed by atoms with E-state index in [-0.39, 0.29) is 17.0 Å². The quantitative estimate of drug-likeness (QED) is 0.227. The van der Waals surface area contributed by atoms with Gasteiger partial charge in [0.2, 0.25) is 0 Å². The number of esters is 1. The molecule has 0 spiro atoms. The number of nitrogens with one attached hydrogen (secondary N) is 1. The molecule has 0 radical (unpaired) electrons. The fourth-order valence-corrected chi connectivity index (χ4v) is 2.27. The largest absolute Gasteiger partial charge is 0.423 e. The predicted molar refractivity (Wildman–Crippen MR) is 104 cm³/mol. The second-order valence-corrected chi connectivity index (χ2v) is 5.71. The zero-order chi connectivity index (χ0) is 20.6. The first-order valence-corrected chi connectivity index (χ1v) is 8.33. The number of aromatic nitrogens is 1. The fraction of sp³-hybridized carbons (Fsp3) is 0. The van der Waals surface area contributed by atoms with Crippen molar-refractivity contribution in [3.63, 3.8) is 0 Å². The van der Waals surface area contributed by atoms with Crippen molar-refractivity contribution in [3.8, 4) is 5.75 Å². The number of carbonyl (C=O) groups is 2. The van der Waals surface area contributed by atoms with Gasteiger partial charge in [0.1, 0.15) is 5.75 Å². The minimum Gasteiger partial charge on any atom is -0.423 e. The second-order valence-electron chi connectivity index (χ2n) is 5.71. The third-order valence-corrected chi connectivity index (χ3v) is 3.69. The molecule has 0 fully saturated rings. The van der Waals surface area contributed by atoms with Gasteiger partial charge < -0.3 is 4.74 Å². The first-order valence-electron chi connectivity index (χ1n) is 8.33. The number of nitro groups is 1. The molecule has 9 nitrogen and oxygen atoms in total. The van der Waals surface area contributed by atoms with Gasteiger partial charge in [-0.1, -0.05) is 12.1 Å². The number of rotatable bonds is 6. The molecule has 144 valence electrons. The van der Waals surface area contributed by atoms with E-state index in [9.17, 15) is 19.7 Å². The maximum atomic E-state index is 12.2. The van der Waals surface area contributed by atoms with Crippen LogP contribution < -0.4 is 10.2 Å². The highest BCUT2D eigenvalue weighted by atomic mass is 16.6. The molecule has 2 aromatic carbocycles. The highest BCUT2D eigenvalue weighted by Gasteiger charge is 2.11. The molecule has 1 N–H and O–H groups in total. The predicted octanol–water partition coefficient (Wildman–Crippen LogP) is 2.97. The van der Waals surface area contributed by atoms with E-state index in [1.807, 2.05) is 0 Å². The molecule has 0 atom stereocenters. The molecule has 1 heterocycles. The highest BCUT2D eigenvalue weighted by Crippen LogP contribution is 2.16. The lowest BCUT2D eigenvalue weighted by Crippen LogP contribution is -2.17. The fourth-order valence-electron chi connectivity index (χ4n) is 2.27. The number of hydrogen-bond acceptors (Lipinski definition) is 7. The minimum atomic E-state index is -0.654. The van der Waals surface area contributed by atoms with Gasteiger partial charge in [0.25, 0.3) is 11.6 Å². The number of non-ortho nitro benzene ring substituents is 1. The minimum absolute atomic E-state index is 0.118. The summed E-state index contributed by atoms with van der Waals surface area (Å²) >= 11 is 0. The summed E-state index contributed by atoms with van der Waals surface area (Å²) in [5.41, 5.74) is 3.40. The Morgan fingerprint density at radius 2 is 1.86 bits per heavy atom. The van der Waals surface area contributed by atoms with E-state index in [2.05, 4.69) is 15.5 Å². The molecule has 0 aliphatic heterocycles. The Hall–Kier alpha value is -4.40. The van der Waals surface area contributed by atoms with Gasteiger partial charge in [0.15, 0.2) is 0 Å². The summed E-state index contributed by atoms with van der Waals surface area (Å²) in [6, 6.07) is 14.8. The standard InChI is InChI=1S/C20H14N4O5/c25-19(16-4-2-10-21-13-16)23-22-12-14-3-1-5-18(11-14)29-20(26)15-6-8-17(9-7-15)24(27)28/h1-13H,(H,23,25)/b22-12-. The Morgan fingerprint density at radius 1 is 1.07 bits per heavy atom. The van der Waals surface area contributed by atoms with Crippen LogP contribution in [0.15, 0.2) is 78.2 Å². The van der Waals surface area contributed by atoms with Gasteiger partial charge >= 0.3 is 5.97 Å². The number of carbonyl (C=O) groups excluding carboxylic acids is 2. The number of amides is 1. The zero-order valence-corrected chi connectivity index (χ0v) is 14.9. The summed E-state index contributed by atoms with van der Waals surface area (Å²) in [5, 5.41) is 14.5. The van der Waals surface area contributed by atoms with Gasteiger partial charge in [-0.05, 0) is 42.0 Å². The lowest BCUT2D eigenvalue weighted by molar-refractivity contribution is -0.384. The number of benzene rings is 2. The molecule has 3 rings (SSSR count). The average Bonchev–Trinajstić information content (AvgIpc) is 2.74. The van der Waals surface area contributed by atoms with Gasteiger partial charge in [-0.3, -0.25) is 19.9 Å². The summed E-state index contributed by atoms with van der Waals surface area (Å²) in [6.07, 6.45) is 4.38. The summed E-state index contributed by atoms with van der Waals surface area (Å²) in [6.45, 7) is 0. The molecule has 3 aromatic rings. The van der Waals surface area contributed by atoms with Crippen LogP contribution in [0.4, 0.5) is 5.69 Å². The molecular weight excluding hydrogens is 376 g/mol. The molecule has 0 saturated carbocycles. The molecule has 0 aliphatic rings. The highest BCUT2D eigenvalue weighted by molar-refractivity contribution is 5.94. The third-order valence-electron chi connectivity index (χ3n) is 3.69. The summed E-state index contributed by atoms with van der Waals surface area (Å²) in [5.74, 6) is -0.801. The average molecular weight is 390 g/mol. The molecule has 9 heteroatoms. The molecule has 0 unspecified atom stereocenters. The summed E-state index contributed by atoms with van der Waals surface area (Å²) in [7, 11) is 0. The molecule has 29 heavy (non-hydrogen) atoms. The van der Waals surface area contributed by atoms with Crippen LogP contribution in [0.1, 0.15) is 26.3 Å². The molecule has 0 bridgehead atoms. The van der Waals surface area contributed by atoms with E-state index < -0.39 is 16.8 Å². The molecular formula is C20H14N4O5. The zero-order valence-electron chi connectivity index (χ0n) is 14.9. The molecule has 1 amide bonds. The lowest BCUT2D eigenvalue weighted by atomic mass is 10.2. The van der Waals surface area contributed by atoms with Gasteiger partial charge in [-0.15, -0.1) is 0 Å². The number of hydrazone groups is 1. The molecule has 1 aromatic heterocycles. The van der Waals surface area contributed by atoms with Crippen molar-refractivity contribution >= 4 is 23.8 Å². The molecule has 0 saturated heterocycles. The van der Waals surface area contributed by atoms with Crippen LogP contribution in [0, 0.1) is 10.1 Å². The Balaban J connectivity index is 1.62. The Bertz CT molecular complexity index is 1070. The normalized spacial score (nSPS) is 10.5. The Labute approximate surface area is 164 Å². The number of ether oxygens (including phenoxy) is 1. The van der Waals surface area contributed by atoms with Gasteiger partial charge in [-0.2, -0.15) is 5.10 Å². The van der Waals surface area contributed by atoms with Crippen molar-refractivity contribution in [3.05, 3.63) is 99.9 Å². The first-order chi connectivity index (χ1) is 14.0. The van der Waals surface area contributed by atoms with E-state index in [1.54, 1.807) is 42.6 Å². The van der Waals surface area contributed by atoms with Crippen LogP contribution in [0.2, 0.25) is 0 Å². The number of nitro benzene ring substituents is 1. The van der Waals surface area contributed by atoms with Crippen molar-refractivity contribution in [1.82, 2.24) is 10.4 Å². The van der Waals surface area contributed by atoms with Crippen LogP contribution in [0.5, 0.6) is 5.75 Å². The lowest BCUT2D eigenvalue weighted by Gasteiger charge is -2.05. The Morgan fingerprint density at radius 3 is 2.55 bits per heavy atom. The number of hydrogen-bond donors (Lipinski definition) is 1. The van der Waals surface area contributed by atoms with Crippen molar-refractivity contribution in [2.75, 3.05) is 0 Å². The number of pyridine rings is 1. The smallest absolute Gasteiger partial charge is 0.343 e. The summed E-state index contributed by atoms with van der Waals surface area (Å²) in [4.78, 5) is 38.0. The van der Waals surface area contributed by atoms with Crippen molar-refractivity contribution in [2.24, 2.45) is 5.10 Å². The van der Waals surface area contributed by atoms with Gasteiger partial charge in [0, 0.05) is 24.5 Å². The Kier molecular flexibility index (Phi) is 6.01. The van der Waals surface area contributed by atoms with E-state index in [1.165, 1.54) is 36.7 Å². The first kappa shape index (κ1) is 19.4. The van der Waals surface area contributed by atoms with E-state index in [0.717, 1.165) is 0 Å². The van der Waals surface area contributed by atoms with Crippen LogP contribution in [0.3, 0.4) is 0 Å². The van der Waals surface area contributed by atoms with E-state index in [4.69, 9.17) is 4.74 Å². The SMILES string of the molecule is O=C(N/N=C\c1cccc(OC(=O)c2ccc([N+](=O)[O-])cc2)c1)c1cccnc1.